The summed E-state index contributed by atoms with van der Waals surface area (Å²) in [6, 6.07) is 6.11. The van der Waals surface area contributed by atoms with E-state index in [0.29, 0.717) is 22.4 Å². The number of amides is 1. The molecule has 0 aliphatic rings. The Kier molecular flexibility index (Phi) is 15.2. The lowest BCUT2D eigenvalue weighted by Crippen LogP contribution is -2.47. The minimum atomic E-state index is -3.83. The second-order valence-corrected chi connectivity index (χ2v) is 13.8. The average Bonchev–Trinajstić information content (AvgIpc) is 3.03. The fraction of sp³-hybridized carbons (Fsp3) is 0.471. The van der Waals surface area contributed by atoms with E-state index in [1.807, 2.05) is 0 Å². The molecule has 0 fully saturated rings. The fourth-order valence-electron chi connectivity index (χ4n) is 4.55. The third-order valence-corrected chi connectivity index (χ3v) is 8.79. The van der Waals surface area contributed by atoms with Gasteiger partial charge in [0.2, 0.25) is 10.0 Å². The van der Waals surface area contributed by atoms with Crippen LogP contribution >= 0.6 is 0 Å². The van der Waals surface area contributed by atoms with E-state index in [1.54, 1.807) is 71.9 Å². The van der Waals surface area contributed by atoms with Crippen LogP contribution < -0.4 is 20.1 Å². The Morgan fingerprint density at radius 2 is 1.51 bits per heavy atom. The fourth-order valence-corrected chi connectivity index (χ4v) is 6.09. The first kappa shape index (κ1) is 40.7. The van der Waals surface area contributed by atoms with Crippen LogP contribution in [0.4, 0.5) is 4.79 Å². The second kappa shape index (κ2) is 18.3. The minimum absolute atomic E-state index is 0.0420. The highest BCUT2D eigenvalue weighted by molar-refractivity contribution is 7.89. The molecule has 2 aromatic rings. The van der Waals surface area contributed by atoms with Crippen molar-refractivity contribution in [2.45, 2.75) is 83.6 Å². The molecule has 0 aliphatic heterocycles. The first-order chi connectivity index (χ1) is 22.9. The summed E-state index contributed by atoms with van der Waals surface area (Å²) in [5.41, 5.74) is 2.48. The molecule has 0 spiro atoms. The van der Waals surface area contributed by atoms with Gasteiger partial charge in [-0.1, -0.05) is 36.9 Å². The predicted octanol–water partition coefficient (Wildman–Crippen LogP) is 3.29. The SMILES string of the molecule is C=CCOC(=O)C[C@@H](NC(=O)OC(C)(C)C)C(=O)OC[C@H](NCc1ccc(CNS(=O)(=O)c2c(C)cc(OC)c(C)c2C)cc1)C(=O)OC. The van der Waals surface area contributed by atoms with Gasteiger partial charge in [-0.3, -0.25) is 14.9 Å². The molecule has 0 heterocycles. The van der Waals surface area contributed by atoms with E-state index in [-0.39, 0.29) is 24.6 Å². The number of rotatable bonds is 17. The van der Waals surface area contributed by atoms with Crippen molar-refractivity contribution in [3.05, 3.63) is 70.8 Å². The van der Waals surface area contributed by atoms with Crippen molar-refractivity contribution in [3.63, 3.8) is 0 Å². The molecule has 0 aliphatic carbocycles. The number of hydrogen-bond acceptors (Lipinski definition) is 12. The molecule has 1 amide bonds. The van der Waals surface area contributed by atoms with Crippen LogP contribution in [0, 0.1) is 20.8 Å². The Balaban J connectivity index is 2.05. The summed E-state index contributed by atoms with van der Waals surface area (Å²) in [5.74, 6) is -1.90. The molecule has 3 N–H and O–H groups in total. The molecule has 0 radical (unpaired) electrons. The summed E-state index contributed by atoms with van der Waals surface area (Å²) >= 11 is 0. The second-order valence-electron chi connectivity index (χ2n) is 12.1. The highest BCUT2D eigenvalue weighted by Gasteiger charge is 2.30. The number of benzene rings is 2. The van der Waals surface area contributed by atoms with Gasteiger partial charge in [0, 0.05) is 13.1 Å². The smallest absolute Gasteiger partial charge is 0.408 e. The monoisotopic (exact) mass is 705 g/mol. The van der Waals surface area contributed by atoms with Gasteiger partial charge in [0.05, 0.1) is 25.5 Å². The third-order valence-electron chi connectivity index (χ3n) is 7.10. The van der Waals surface area contributed by atoms with E-state index in [0.717, 1.165) is 11.1 Å². The molecule has 0 aromatic heterocycles. The molecule has 270 valence electrons. The van der Waals surface area contributed by atoms with E-state index in [2.05, 4.69) is 21.9 Å². The quantitative estimate of drug-likeness (QED) is 0.124. The van der Waals surface area contributed by atoms with E-state index < -0.39 is 64.7 Å². The first-order valence-corrected chi connectivity index (χ1v) is 16.9. The summed E-state index contributed by atoms with van der Waals surface area (Å²) in [4.78, 5) is 50.1. The molecule has 0 unspecified atom stereocenters. The van der Waals surface area contributed by atoms with Crippen molar-refractivity contribution in [2.24, 2.45) is 0 Å². The molecule has 0 saturated heterocycles. The zero-order valence-electron chi connectivity index (χ0n) is 29.3. The number of nitrogens with one attached hydrogen (secondary N) is 3. The molecule has 2 aromatic carbocycles. The van der Waals surface area contributed by atoms with E-state index >= 15 is 0 Å². The van der Waals surface area contributed by atoms with Gasteiger partial charge < -0.3 is 29.0 Å². The van der Waals surface area contributed by atoms with Gasteiger partial charge in [-0.05, 0) is 75.4 Å². The Morgan fingerprint density at radius 1 is 0.898 bits per heavy atom. The lowest BCUT2D eigenvalue weighted by atomic mass is 10.1. The van der Waals surface area contributed by atoms with Gasteiger partial charge in [0.1, 0.15) is 36.6 Å². The molecular weight excluding hydrogens is 658 g/mol. The Morgan fingerprint density at radius 3 is 2.06 bits per heavy atom. The number of ether oxygens (including phenoxy) is 5. The molecule has 0 bridgehead atoms. The third kappa shape index (κ3) is 12.8. The number of carbonyl (C=O) groups excluding carboxylic acids is 4. The summed E-state index contributed by atoms with van der Waals surface area (Å²) in [7, 11) is -1.12. The van der Waals surface area contributed by atoms with Gasteiger partial charge >= 0.3 is 24.0 Å². The molecule has 2 rings (SSSR count). The Hall–Kier alpha value is -4.47. The molecule has 14 nitrogen and oxygen atoms in total. The lowest BCUT2D eigenvalue weighted by Gasteiger charge is -2.23. The van der Waals surface area contributed by atoms with Gasteiger partial charge in [-0.15, -0.1) is 0 Å². The van der Waals surface area contributed by atoms with E-state index in [4.69, 9.17) is 23.7 Å². The zero-order chi connectivity index (χ0) is 36.9. The standard InChI is InChI=1S/C34H47N3O11S/c1-10-15-46-29(38)17-26(37-33(41)48-34(5,6)7)32(40)47-20-27(31(39)45-9)35-18-24-11-13-25(14-12-24)19-36-49(42,43)30-21(2)16-28(44-8)22(3)23(30)4/h10-14,16,26-27,35-36H,1,15,17-20H2,2-9H3,(H,37,41)/t26-,27+/m1/s1. The first-order valence-electron chi connectivity index (χ1n) is 15.4. The van der Waals surface area contributed by atoms with Gasteiger partial charge in [0.15, 0.2) is 0 Å². The van der Waals surface area contributed by atoms with Crippen molar-refractivity contribution in [1.29, 1.82) is 0 Å². The number of esters is 3. The lowest BCUT2D eigenvalue weighted by molar-refractivity contribution is -0.155. The summed E-state index contributed by atoms with van der Waals surface area (Å²) < 4.78 is 54.6. The zero-order valence-corrected chi connectivity index (χ0v) is 30.1. The summed E-state index contributed by atoms with van der Waals surface area (Å²) in [6.45, 7) is 13.2. The van der Waals surface area contributed by atoms with Crippen LogP contribution in [0.15, 0.2) is 47.9 Å². The van der Waals surface area contributed by atoms with Gasteiger partial charge in [0.25, 0.3) is 0 Å². The molecule has 15 heteroatoms. The van der Waals surface area contributed by atoms with Crippen LogP contribution in [0.2, 0.25) is 0 Å². The Bertz CT molecular complexity index is 1600. The van der Waals surface area contributed by atoms with Crippen LogP contribution in [-0.2, 0) is 56.4 Å². The number of carbonyl (C=O) groups is 4. The number of methoxy groups -OCH3 is 2. The van der Waals surface area contributed by atoms with E-state index in [1.165, 1.54) is 20.3 Å². The average molecular weight is 706 g/mol. The van der Waals surface area contributed by atoms with Crippen molar-refractivity contribution >= 4 is 34.0 Å². The molecular formula is C34H47N3O11S. The number of hydrogen-bond donors (Lipinski definition) is 3. The number of alkyl carbamates (subject to hydrolysis) is 1. The normalized spacial score (nSPS) is 12.7. The summed E-state index contributed by atoms with van der Waals surface area (Å²) in [5, 5.41) is 5.26. The van der Waals surface area contributed by atoms with Crippen LogP contribution in [0.25, 0.3) is 0 Å². The van der Waals surface area contributed by atoms with Crippen molar-refractivity contribution in [3.8, 4) is 5.75 Å². The largest absolute Gasteiger partial charge is 0.496 e. The van der Waals surface area contributed by atoms with Crippen LogP contribution in [-0.4, -0.2) is 77.5 Å². The molecule has 2 atom stereocenters. The van der Waals surface area contributed by atoms with Crippen molar-refractivity contribution < 1.29 is 51.3 Å². The Labute approximate surface area is 287 Å². The maximum Gasteiger partial charge on any atom is 0.408 e. The van der Waals surface area contributed by atoms with Crippen LogP contribution in [0.5, 0.6) is 5.75 Å². The number of sulfonamides is 1. The topological polar surface area (TPSA) is 185 Å². The van der Waals surface area contributed by atoms with Crippen LogP contribution in [0.3, 0.4) is 0 Å². The highest BCUT2D eigenvalue weighted by atomic mass is 32.2. The van der Waals surface area contributed by atoms with Crippen molar-refractivity contribution in [2.75, 3.05) is 27.4 Å². The maximum absolute atomic E-state index is 13.2. The van der Waals surface area contributed by atoms with Crippen molar-refractivity contribution in [1.82, 2.24) is 15.4 Å². The van der Waals surface area contributed by atoms with Gasteiger partial charge in [-0.2, -0.15) is 0 Å². The molecule has 0 saturated carbocycles. The van der Waals surface area contributed by atoms with E-state index in [9.17, 15) is 27.6 Å². The van der Waals surface area contributed by atoms with Crippen LogP contribution in [0.1, 0.15) is 55.0 Å². The predicted molar refractivity (Wildman–Crippen MR) is 180 cm³/mol. The molecule has 49 heavy (non-hydrogen) atoms. The minimum Gasteiger partial charge on any atom is -0.496 e. The highest BCUT2D eigenvalue weighted by Crippen LogP contribution is 2.30. The van der Waals surface area contributed by atoms with Gasteiger partial charge in [-0.25, -0.2) is 22.7 Å². The number of aryl methyl sites for hydroxylation is 1. The maximum atomic E-state index is 13.2. The summed E-state index contributed by atoms with van der Waals surface area (Å²) in [6.07, 6.45) is -0.157.